The van der Waals surface area contributed by atoms with Crippen LogP contribution in [0.3, 0.4) is 0 Å². The first kappa shape index (κ1) is 10.2. The second kappa shape index (κ2) is 3.79. The maximum absolute atomic E-state index is 5.96. The molecule has 17 heavy (non-hydrogen) atoms. The second-order valence-electron chi connectivity index (χ2n) is 3.77. The van der Waals surface area contributed by atoms with Crippen LogP contribution in [0.15, 0.2) is 47.0 Å². The van der Waals surface area contributed by atoms with Crippen LogP contribution >= 0.6 is 11.6 Å². The van der Waals surface area contributed by atoms with Gasteiger partial charge in [0.1, 0.15) is 5.69 Å². The molecule has 2 N–H and O–H groups in total. The van der Waals surface area contributed by atoms with E-state index in [1.165, 1.54) is 0 Å². The van der Waals surface area contributed by atoms with E-state index in [2.05, 4.69) is 5.16 Å². The van der Waals surface area contributed by atoms with Crippen molar-refractivity contribution in [2.45, 2.75) is 0 Å². The highest BCUT2D eigenvalue weighted by Crippen LogP contribution is 2.31. The van der Waals surface area contributed by atoms with Crippen LogP contribution in [-0.2, 0) is 0 Å². The van der Waals surface area contributed by atoms with Crippen molar-refractivity contribution in [1.82, 2.24) is 5.16 Å². The van der Waals surface area contributed by atoms with Gasteiger partial charge in [-0.05, 0) is 24.3 Å². The van der Waals surface area contributed by atoms with Gasteiger partial charge in [-0.25, -0.2) is 0 Å². The average Bonchev–Trinajstić information content (AvgIpc) is 2.74. The molecule has 3 nitrogen and oxygen atoms in total. The summed E-state index contributed by atoms with van der Waals surface area (Å²) >= 11 is 5.96. The summed E-state index contributed by atoms with van der Waals surface area (Å²) in [5, 5.41) is 5.62. The van der Waals surface area contributed by atoms with Crippen molar-refractivity contribution in [3.63, 3.8) is 0 Å². The van der Waals surface area contributed by atoms with Gasteiger partial charge in [0.2, 0.25) is 0 Å². The van der Waals surface area contributed by atoms with Crippen LogP contribution < -0.4 is 5.73 Å². The van der Waals surface area contributed by atoms with Crippen molar-refractivity contribution in [1.29, 1.82) is 0 Å². The molecule has 1 heterocycles. The van der Waals surface area contributed by atoms with Gasteiger partial charge in [0.15, 0.2) is 5.58 Å². The molecule has 0 bridgehead atoms. The van der Waals surface area contributed by atoms with Crippen molar-refractivity contribution in [2.24, 2.45) is 0 Å². The first-order valence-corrected chi connectivity index (χ1v) is 5.53. The van der Waals surface area contributed by atoms with E-state index in [4.69, 9.17) is 21.9 Å². The number of halogens is 1. The summed E-state index contributed by atoms with van der Waals surface area (Å²) in [7, 11) is 0. The number of nitrogens with zero attached hydrogens (tertiary/aromatic N) is 1. The van der Waals surface area contributed by atoms with E-state index in [0.717, 1.165) is 16.6 Å². The fourth-order valence-corrected chi connectivity index (χ4v) is 2.02. The third-order valence-corrected chi connectivity index (χ3v) is 2.86. The summed E-state index contributed by atoms with van der Waals surface area (Å²) in [4.78, 5) is 0. The third kappa shape index (κ3) is 1.65. The first-order valence-electron chi connectivity index (χ1n) is 5.15. The smallest absolute Gasteiger partial charge is 0.190 e. The quantitative estimate of drug-likeness (QED) is 0.664. The summed E-state index contributed by atoms with van der Waals surface area (Å²) in [6.45, 7) is 0. The molecule has 3 aromatic rings. The van der Waals surface area contributed by atoms with E-state index in [0.29, 0.717) is 16.3 Å². The average molecular weight is 245 g/mol. The molecule has 0 aliphatic rings. The summed E-state index contributed by atoms with van der Waals surface area (Å²) in [5.74, 6) is 0. The van der Waals surface area contributed by atoms with Crippen LogP contribution in [0.4, 0.5) is 5.69 Å². The SMILES string of the molecule is Nc1cccc2c(-c3cccc(Cl)c3)noc12. The monoisotopic (exact) mass is 244 g/mol. The molecular weight excluding hydrogens is 236 g/mol. The maximum atomic E-state index is 5.96. The highest BCUT2D eigenvalue weighted by molar-refractivity contribution is 6.30. The van der Waals surface area contributed by atoms with Crippen LogP contribution in [0.1, 0.15) is 0 Å². The minimum atomic E-state index is 0.586. The van der Waals surface area contributed by atoms with Gasteiger partial charge < -0.3 is 10.3 Å². The van der Waals surface area contributed by atoms with E-state index in [1.807, 2.05) is 36.4 Å². The Morgan fingerprint density at radius 2 is 1.94 bits per heavy atom. The molecule has 2 aromatic carbocycles. The lowest BCUT2D eigenvalue weighted by molar-refractivity contribution is 0.460. The number of nitrogens with two attached hydrogens (primary N) is 1. The fraction of sp³-hybridized carbons (Fsp3) is 0. The summed E-state index contributed by atoms with van der Waals surface area (Å²) in [6, 6.07) is 13.1. The van der Waals surface area contributed by atoms with Crippen LogP contribution in [-0.4, -0.2) is 5.16 Å². The molecule has 3 rings (SSSR count). The normalized spacial score (nSPS) is 10.9. The molecule has 0 aliphatic heterocycles. The van der Waals surface area contributed by atoms with Gasteiger partial charge in [0.05, 0.1) is 11.1 Å². The van der Waals surface area contributed by atoms with Crippen molar-refractivity contribution in [3.8, 4) is 11.3 Å². The summed E-state index contributed by atoms with van der Waals surface area (Å²) in [6.07, 6.45) is 0. The molecule has 0 fully saturated rings. The lowest BCUT2D eigenvalue weighted by Gasteiger charge is -1.97. The van der Waals surface area contributed by atoms with E-state index in [1.54, 1.807) is 6.07 Å². The van der Waals surface area contributed by atoms with Gasteiger partial charge in [-0.2, -0.15) is 0 Å². The Labute approximate surface area is 103 Å². The summed E-state index contributed by atoms with van der Waals surface area (Å²) < 4.78 is 5.26. The highest BCUT2D eigenvalue weighted by Gasteiger charge is 2.11. The number of para-hydroxylation sites is 1. The number of aromatic nitrogens is 1. The third-order valence-electron chi connectivity index (χ3n) is 2.63. The van der Waals surface area contributed by atoms with Gasteiger partial charge >= 0.3 is 0 Å². The van der Waals surface area contributed by atoms with E-state index in [9.17, 15) is 0 Å². The fourth-order valence-electron chi connectivity index (χ4n) is 1.83. The number of hydrogen-bond acceptors (Lipinski definition) is 3. The first-order chi connectivity index (χ1) is 8.25. The standard InChI is InChI=1S/C13H9ClN2O/c14-9-4-1-3-8(7-9)12-10-5-2-6-11(15)13(10)17-16-12/h1-7H,15H2. The molecule has 4 heteroatoms. The molecule has 0 unspecified atom stereocenters. The maximum Gasteiger partial charge on any atom is 0.190 e. The minimum absolute atomic E-state index is 0.586. The molecule has 0 amide bonds. The molecule has 0 radical (unpaired) electrons. The van der Waals surface area contributed by atoms with Crippen LogP contribution in [0.25, 0.3) is 22.2 Å². The minimum Gasteiger partial charge on any atom is -0.396 e. The number of fused-ring (bicyclic) bond motifs is 1. The molecule has 0 saturated heterocycles. The van der Waals surface area contributed by atoms with Crippen LogP contribution in [0.5, 0.6) is 0 Å². The Hall–Kier alpha value is -2.00. The van der Waals surface area contributed by atoms with Crippen molar-refractivity contribution < 1.29 is 4.52 Å². The molecule has 0 spiro atoms. The zero-order chi connectivity index (χ0) is 11.8. The lowest BCUT2D eigenvalue weighted by atomic mass is 10.1. The molecule has 1 aromatic heterocycles. The number of anilines is 1. The van der Waals surface area contributed by atoms with E-state index in [-0.39, 0.29) is 0 Å². The number of hydrogen-bond donors (Lipinski definition) is 1. The largest absolute Gasteiger partial charge is 0.396 e. The van der Waals surface area contributed by atoms with Gasteiger partial charge in [0.25, 0.3) is 0 Å². The Morgan fingerprint density at radius 1 is 1.12 bits per heavy atom. The topological polar surface area (TPSA) is 52.0 Å². The molecule has 84 valence electrons. The number of benzene rings is 2. The van der Waals surface area contributed by atoms with Gasteiger partial charge in [-0.15, -0.1) is 0 Å². The Balaban J connectivity index is 2.28. The Bertz CT molecular complexity index is 691. The zero-order valence-corrected chi connectivity index (χ0v) is 9.61. The molecule has 0 saturated carbocycles. The molecule has 0 aliphatic carbocycles. The van der Waals surface area contributed by atoms with Crippen molar-refractivity contribution in [2.75, 3.05) is 5.73 Å². The number of rotatable bonds is 1. The van der Waals surface area contributed by atoms with Crippen LogP contribution in [0.2, 0.25) is 5.02 Å². The predicted octanol–water partition coefficient (Wildman–Crippen LogP) is 3.73. The zero-order valence-electron chi connectivity index (χ0n) is 8.85. The highest BCUT2D eigenvalue weighted by atomic mass is 35.5. The number of nitrogen functional groups attached to an aromatic ring is 1. The van der Waals surface area contributed by atoms with Gasteiger partial charge in [0, 0.05) is 10.6 Å². The van der Waals surface area contributed by atoms with Gasteiger partial charge in [-0.1, -0.05) is 35.0 Å². The van der Waals surface area contributed by atoms with Crippen molar-refractivity contribution in [3.05, 3.63) is 47.5 Å². The molecular formula is C13H9ClN2O. The summed E-state index contributed by atoms with van der Waals surface area (Å²) in [5.41, 5.74) is 8.69. The van der Waals surface area contributed by atoms with Crippen LogP contribution in [0, 0.1) is 0 Å². The Morgan fingerprint density at radius 3 is 2.76 bits per heavy atom. The van der Waals surface area contributed by atoms with E-state index >= 15 is 0 Å². The molecule has 0 atom stereocenters. The predicted molar refractivity (Wildman–Crippen MR) is 68.9 cm³/mol. The van der Waals surface area contributed by atoms with Crippen molar-refractivity contribution >= 4 is 28.3 Å². The van der Waals surface area contributed by atoms with Gasteiger partial charge in [-0.3, -0.25) is 0 Å². The van der Waals surface area contributed by atoms with E-state index < -0.39 is 0 Å². The lowest BCUT2D eigenvalue weighted by Crippen LogP contribution is -1.83. The Kier molecular flexibility index (Phi) is 2.27. The second-order valence-corrected chi connectivity index (χ2v) is 4.20.